The van der Waals surface area contributed by atoms with Crippen LogP contribution in [-0.4, -0.2) is 37.8 Å². The van der Waals surface area contributed by atoms with Crippen molar-refractivity contribution in [3.63, 3.8) is 0 Å². The Hall–Kier alpha value is -3.07. The number of hydrogen-bond acceptors (Lipinski definition) is 5. The molecule has 0 radical (unpaired) electrons. The summed E-state index contributed by atoms with van der Waals surface area (Å²) >= 11 is 5.98. The topological polar surface area (TPSA) is 98.7 Å². The van der Waals surface area contributed by atoms with Crippen molar-refractivity contribution in [2.45, 2.75) is 44.5 Å². The smallest absolute Gasteiger partial charge is 0.255 e. The van der Waals surface area contributed by atoms with Crippen molar-refractivity contribution in [3.8, 4) is 0 Å². The Morgan fingerprint density at radius 1 is 0.973 bits per heavy atom. The minimum atomic E-state index is -3.46. The predicted molar refractivity (Wildman–Crippen MR) is 150 cm³/mol. The number of amides is 1. The third kappa shape index (κ3) is 6.26. The summed E-state index contributed by atoms with van der Waals surface area (Å²) in [7, 11) is -3.46. The molecule has 0 atom stereocenters. The van der Waals surface area contributed by atoms with Crippen LogP contribution in [0.4, 0.5) is 17.1 Å². The second-order valence-corrected chi connectivity index (χ2v) is 12.4. The van der Waals surface area contributed by atoms with Gasteiger partial charge in [0.1, 0.15) is 0 Å². The predicted octanol–water partition coefficient (Wildman–Crippen LogP) is 5.54. The molecule has 0 aromatic heterocycles. The van der Waals surface area contributed by atoms with Crippen molar-refractivity contribution in [1.29, 1.82) is 0 Å². The molecular formula is C28H32ClN3O4S. The standard InChI is InChI=1S/C28H32ClN3O4S/c1-19(2)37(35,36)31-24-10-13-26(20(3)18-24)27(33)30-23-8-11-25(12-9-23)32-16-14-28(34,15-17-32)21-4-6-22(29)7-5-21/h4-13,18-19,31,34H,14-17H2,1-3H3,(H,30,33). The van der Waals surface area contributed by atoms with Crippen LogP contribution in [0, 0.1) is 6.92 Å². The maximum absolute atomic E-state index is 12.9. The van der Waals surface area contributed by atoms with Crippen molar-refractivity contribution in [1.82, 2.24) is 0 Å². The number of halogens is 1. The SMILES string of the molecule is Cc1cc(NS(=O)(=O)C(C)C)ccc1C(=O)Nc1ccc(N2CCC(O)(c3ccc(Cl)cc3)CC2)cc1. The number of hydrogen-bond donors (Lipinski definition) is 3. The van der Waals surface area contributed by atoms with Gasteiger partial charge in [-0.1, -0.05) is 23.7 Å². The highest BCUT2D eigenvalue weighted by molar-refractivity contribution is 7.93. The quantitative estimate of drug-likeness (QED) is 0.365. The Morgan fingerprint density at radius 3 is 2.14 bits per heavy atom. The first-order valence-corrected chi connectivity index (χ1v) is 14.2. The lowest BCUT2D eigenvalue weighted by atomic mass is 9.84. The molecule has 1 fully saturated rings. The molecule has 0 aliphatic carbocycles. The molecule has 1 saturated heterocycles. The van der Waals surface area contributed by atoms with Crippen LogP contribution >= 0.6 is 11.6 Å². The van der Waals surface area contributed by atoms with E-state index in [1.54, 1.807) is 51.1 Å². The molecule has 4 rings (SSSR count). The first-order chi connectivity index (χ1) is 17.5. The maximum Gasteiger partial charge on any atom is 0.255 e. The van der Waals surface area contributed by atoms with Gasteiger partial charge in [-0.15, -0.1) is 0 Å². The van der Waals surface area contributed by atoms with Gasteiger partial charge in [0.2, 0.25) is 10.0 Å². The number of carbonyl (C=O) groups excluding carboxylic acids is 1. The third-order valence-electron chi connectivity index (χ3n) is 6.81. The molecule has 3 aromatic rings. The van der Waals surface area contributed by atoms with Crippen LogP contribution in [0.1, 0.15) is 48.2 Å². The molecule has 0 unspecified atom stereocenters. The zero-order chi connectivity index (χ0) is 26.8. The number of anilines is 3. The number of nitrogens with zero attached hydrogens (tertiary/aromatic N) is 1. The highest BCUT2D eigenvalue weighted by Gasteiger charge is 2.34. The number of rotatable bonds is 7. The molecule has 37 heavy (non-hydrogen) atoms. The van der Waals surface area contributed by atoms with E-state index in [1.165, 1.54) is 0 Å². The van der Waals surface area contributed by atoms with E-state index in [1.807, 2.05) is 36.4 Å². The molecule has 0 saturated carbocycles. The van der Waals surface area contributed by atoms with Crippen molar-refractivity contribution in [2.75, 3.05) is 28.0 Å². The minimum absolute atomic E-state index is 0.269. The van der Waals surface area contributed by atoms with Crippen LogP contribution in [0.3, 0.4) is 0 Å². The number of carbonyl (C=O) groups is 1. The molecular weight excluding hydrogens is 510 g/mol. The number of piperidine rings is 1. The van der Waals surface area contributed by atoms with Gasteiger partial charge in [-0.25, -0.2) is 8.42 Å². The summed E-state index contributed by atoms with van der Waals surface area (Å²) in [6.45, 7) is 6.39. The number of aryl methyl sites for hydroxylation is 1. The summed E-state index contributed by atoms with van der Waals surface area (Å²) < 4.78 is 26.8. The van der Waals surface area contributed by atoms with Gasteiger partial charge in [0.15, 0.2) is 0 Å². The summed E-state index contributed by atoms with van der Waals surface area (Å²) in [5.74, 6) is -0.269. The molecule has 3 N–H and O–H groups in total. The fraction of sp³-hybridized carbons (Fsp3) is 0.321. The fourth-order valence-electron chi connectivity index (χ4n) is 4.40. The first-order valence-electron chi connectivity index (χ1n) is 12.2. The van der Waals surface area contributed by atoms with Gasteiger partial charge in [0.05, 0.1) is 10.9 Å². The van der Waals surface area contributed by atoms with Crippen LogP contribution in [0.15, 0.2) is 66.7 Å². The molecule has 1 aliphatic heterocycles. The van der Waals surface area contributed by atoms with E-state index >= 15 is 0 Å². The molecule has 9 heteroatoms. The molecule has 1 amide bonds. The normalized spacial score (nSPS) is 15.5. The maximum atomic E-state index is 12.9. The van der Waals surface area contributed by atoms with Gasteiger partial charge in [-0.2, -0.15) is 0 Å². The van der Waals surface area contributed by atoms with Crippen molar-refractivity contribution >= 4 is 44.6 Å². The highest BCUT2D eigenvalue weighted by atomic mass is 35.5. The number of nitrogens with one attached hydrogen (secondary N) is 2. The lowest BCUT2D eigenvalue weighted by Gasteiger charge is -2.39. The lowest BCUT2D eigenvalue weighted by Crippen LogP contribution is -2.42. The van der Waals surface area contributed by atoms with Gasteiger partial charge in [-0.05, 0) is 99.3 Å². The largest absolute Gasteiger partial charge is 0.385 e. The Balaban J connectivity index is 1.37. The third-order valence-corrected chi connectivity index (χ3v) is 8.83. The molecule has 7 nitrogen and oxygen atoms in total. The first kappa shape index (κ1) is 27.0. The monoisotopic (exact) mass is 541 g/mol. The number of sulfonamides is 1. The zero-order valence-corrected chi connectivity index (χ0v) is 22.7. The van der Waals surface area contributed by atoms with E-state index in [2.05, 4.69) is 14.9 Å². The van der Waals surface area contributed by atoms with Gasteiger partial charge in [0, 0.05) is 40.7 Å². The average molecular weight is 542 g/mol. The van der Waals surface area contributed by atoms with Crippen molar-refractivity contribution in [3.05, 3.63) is 88.4 Å². The summed E-state index contributed by atoms with van der Waals surface area (Å²) in [5.41, 5.74) is 3.26. The van der Waals surface area contributed by atoms with Gasteiger partial charge < -0.3 is 15.3 Å². The summed E-state index contributed by atoms with van der Waals surface area (Å²) in [6.07, 6.45) is 1.21. The summed E-state index contributed by atoms with van der Waals surface area (Å²) in [6, 6.07) is 19.9. The van der Waals surface area contributed by atoms with E-state index in [-0.39, 0.29) is 5.91 Å². The molecule has 1 aliphatic rings. The van der Waals surface area contributed by atoms with Crippen LogP contribution in [-0.2, 0) is 15.6 Å². The Kier molecular flexibility index (Phi) is 7.83. The van der Waals surface area contributed by atoms with Crippen LogP contribution < -0.4 is 14.9 Å². The van der Waals surface area contributed by atoms with Crippen molar-refractivity contribution < 1.29 is 18.3 Å². The van der Waals surface area contributed by atoms with Gasteiger partial charge in [0.25, 0.3) is 5.91 Å². The van der Waals surface area contributed by atoms with Crippen molar-refractivity contribution in [2.24, 2.45) is 0 Å². The number of benzene rings is 3. The lowest BCUT2D eigenvalue weighted by molar-refractivity contribution is 0.0118. The average Bonchev–Trinajstić information content (AvgIpc) is 2.85. The molecule has 0 spiro atoms. The van der Waals surface area contributed by atoms with Crippen LogP contribution in [0.2, 0.25) is 5.02 Å². The van der Waals surface area contributed by atoms with E-state index in [4.69, 9.17) is 11.6 Å². The second kappa shape index (κ2) is 10.7. The van der Waals surface area contributed by atoms with E-state index < -0.39 is 20.9 Å². The molecule has 3 aromatic carbocycles. The second-order valence-electron chi connectivity index (χ2n) is 9.75. The summed E-state index contributed by atoms with van der Waals surface area (Å²) in [4.78, 5) is 15.1. The Labute approximate surface area is 223 Å². The molecule has 0 bridgehead atoms. The van der Waals surface area contributed by atoms with Crippen LogP contribution in [0.5, 0.6) is 0 Å². The van der Waals surface area contributed by atoms with E-state index in [0.717, 1.165) is 11.3 Å². The van der Waals surface area contributed by atoms with Crippen LogP contribution in [0.25, 0.3) is 0 Å². The molecule has 1 heterocycles. The highest BCUT2D eigenvalue weighted by Crippen LogP contribution is 2.35. The van der Waals surface area contributed by atoms with E-state index in [0.29, 0.717) is 53.5 Å². The number of aliphatic hydroxyl groups is 1. The van der Waals surface area contributed by atoms with Gasteiger partial charge >= 0.3 is 0 Å². The van der Waals surface area contributed by atoms with Gasteiger partial charge in [-0.3, -0.25) is 9.52 Å². The summed E-state index contributed by atoms with van der Waals surface area (Å²) in [5, 5.41) is 14.1. The van der Waals surface area contributed by atoms with E-state index in [9.17, 15) is 18.3 Å². The Bertz CT molecular complexity index is 1370. The minimum Gasteiger partial charge on any atom is -0.385 e. The fourth-order valence-corrected chi connectivity index (χ4v) is 5.22. The zero-order valence-electron chi connectivity index (χ0n) is 21.2. The molecule has 196 valence electrons. The Morgan fingerprint density at radius 2 is 1.57 bits per heavy atom.